The summed E-state index contributed by atoms with van der Waals surface area (Å²) in [6.45, 7) is 5.49. The van der Waals surface area contributed by atoms with Crippen LogP contribution in [0.1, 0.15) is 40.5 Å². The Balaban J connectivity index is 1.88. The van der Waals surface area contributed by atoms with Crippen LogP contribution in [0, 0.1) is 13.8 Å². The molecule has 3 aromatic heterocycles. The lowest BCUT2D eigenvalue weighted by atomic mass is 10.2. The first-order valence-electron chi connectivity index (χ1n) is 6.85. The fraction of sp³-hybridized carbons (Fsp3) is 0.286. The standard InChI is InChI=1S/C14H16N6O2/c1-7-5-16-13(17-7)8(2)18-14(22)10-6-15-11-4-12(21)19-20(11)9(10)3/h4-6,8H,1-3H3,(H,16,17)(H,18,22)(H,19,21)/t8-/m1/s1. The van der Waals surface area contributed by atoms with Crippen molar-refractivity contribution in [3.63, 3.8) is 0 Å². The summed E-state index contributed by atoms with van der Waals surface area (Å²) in [6.07, 6.45) is 3.18. The van der Waals surface area contributed by atoms with Crippen molar-refractivity contribution in [2.24, 2.45) is 0 Å². The molecule has 0 saturated heterocycles. The molecule has 3 aromatic rings. The predicted octanol–water partition coefficient (Wildman–Crippen LogP) is 0.854. The molecular formula is C14H16N6O2. The molecule has 3 N–H and O–H groups in total. The molecule has 8 nitrogen and oxygen atoms in total. The van der Waals surface area contributed by atoms with Crippen molar-refractivity contribution in [1.82, 2.24) is 29.9 Å². The summed E-state index contributed by atoms with van der Waals surface area (Å²) in [5, 5.41) is 5.47. The number of hydrogen-bond acceptors (Lipinski definition) is 4. The van der Waals surface area contributed by atoms with Gasteiger partial charge in [-0.05, 0) is 20.8 Å². The van der Waals surface area contributed by atoms with E-state index < -0.39 is 0 Å². The van der Waals surface area contributed by atoms with Crippen molar-refractivity contribution in [2.45, 2.75) is 26.8 Å². The number of aromatic nitrogens is 5. The number of amides is 1. The van der Waals surface area contributed by atoms with E-state index >= 15 is 0 Å². The Morgan fingerprint density at radius 1 is 1.32 bits per heavy atom. The van der Waals surface area contributed by atoms with Crippen molar-refractivity contribution in [1.29, 1.82) is 0 Å². The Morgan fingerprint density at radius 2 is 2.09 bits per heavy atom. The van der Waals surface area contributed by atoms with Gasteiger partial charge in [-0.25, -0.2) is 14.5 Å². The molecule has 3 heterocycles. The van der Waals surface area contributed by atoms with E-state index in [1.165, 1.54) is 16.8 Å². The van der Waals surface area contributed by atoms with Crippen LogP contribution < -0.4 is 10.9 Å². The van der Waals surface area contributed by atoms with E-state index in [9.17, 15) is 9.59 Å². The summed E-state index contributed by atoms with van der Waals surface area (Å²) in [5.74, 6) is 0.412. The smallest absolute Gasteiger partial charge is 0.266 e. The molecule has 114 valence electrons. The normalized spacial score (nSPS) is 12.5. The van der Waals surface area contributed by atoms with Crippen LogP contribution in [0.25, 0.3) is 5.65 Å². The van der Waals surface area contributed by atoms with E-state index in [-0.39, 0.29) is 17.5 Å². The largest absolute Gasteiger partial charge is 0.344 e. The number of fused-ring (bicyclic) bond motifs is 1. The molecule has 0 saturated carbocycles. The van der Waals surface area contributed by atoms with Crippen LogP contribution in [0.4, 0.5) is 0 Å². The predicted molar refractivity (Wildman–Crippen MR) is 79.8 cm³/mol. The van der Waals surface area contributed by atoms with Gasteiger partial charge in [-0.2, -0.15) is 0 Å². The lowest BCUT2D eigenvalue weighted by Crippen LogP contribution is -2.28. The van der Waals surface area contributed by atoms with Crippen LogP contribution in [-0.2, 0) is 0 Å². The maximum Gasteiger partial charge on any atom is 0.266 e. The highest BCUT2D eigenvalue weighted by Crippen LogP contribution is 2.12. The summed E-state index contributed by atoms with van der Waals surface area (Å²) in [6, 6.07) is 1.11. The Hall–Kier alpha value is -2.90. The van der Waals surface area contributed by atoms with Gasteiger partial charge >= 0.3 is 0 Å². The first-order chi connectivity index (χ1) is 10.5. The zero-order valence-electron chi connectivity index (χ0n) is 12.5. The van der Waals surface area contributed by atoms with Gasteiger partial charge in [0.2, 0.25) is 0 Å². The average molecular weight is 300 g/mol. The first kappa shape index (κ1) is 14.1. The third kappa shape index (κ3) is 2.39. The Labute approximate surface area is 125 Å². The molecule has 0 aromatic carbocycles. The number of aromatic amines is 2. The minimum absolute atomic E-state index is 0.257. The van der Waals surface area contributed by atoms with E-state index in [1.54, 1.807) is 13.1 Å². The minimum Gasteiger partial charge on any atom is -0.344 e. The number of aryl methyl sites for hydroxylation is 2. The van der Waals surface area contributed by atoms with E-state index in [1.807, 2.05) is 13.8 Å². The number of carbonyl (C=O) groups is 1. The van der Waals surface area contributed by atoms with Crippen LogP contribution in [0.15, 0.2) is 23.3 Å². The maximum atomic E-state index is 12.4. The molecule has 0 spiro atoms. The third-order valence-corrected chi connectivity index (χ3v) is 3.49. The highest BCUT2D eigenvalue weighted by molar-refractivity contribution is 5.95. The second-order valence-corrected chi connectivity index (χ2v) is 5.22. The Morgan fingerprint density at radius 3 is 2.77 bits per heavy atom. The van der Waals surface area contributed by atoms with Gasteiger partial charge in [0.25, 0.3) is 11.5 Å². The van der Waals surface area contributed by atoms with Gasteiger partial charge < -0.3 is 10.3 Å². The van der Waals surface area contributed by atoms with E-state index in [0.717, 1.165) is 5.69 Å². The third-order valence-electron chi connectivity index (χ3n) is 3.49. The van der Waals surface area contributed by atoms with Gasteiger partial charge in [0.05, 0.1) is 17.3 Å². The quantitative estimate of drug-likeness (QED) is 0.666. The molecule has 0 radical (unpaired) electrons. The van der Waals surface area contributed by atoms with Gasteiger partial charge in [0.15, 0.2) is 5.65 Å². The molecule has 0 bridgehead atoms. The van der Waals surface area contributed by atoms with Gasteiger partial charge in [0, 0.05) is 24.2 Å². The lowest BCUT2D eigenvalue weighted by molar-refractivity contribution is 0.0936. The topological polar surface area (TPSA) is 108 Å². The summed E-state index contributed by atoms with van der Waals surface area (Å²) >= 11 is 0. The fourth-order valence-corrected chi connectivity index (χ4v) is 2.30. The highest BCUT2D eigenvalue weighted by atomic mass is 16.2. The molecule has 22 heavy (non-hydrogen) atoms. The second-order valence-electron chi connectivity index (χ2n) is 5.22. The highest BCUT2D eigenvalue weighted by Gasteiger charge is 2.17. The molecule has 1 amide bonds. The number of hydrogen-bond donors (Lipinski definition) is 3. The van der Waals surface area contributed by atoms with Crippen molar-refractivity contribution in [3.8, 4) is 0 Å². The molecule has 0 fully saturated rings. The zero-order chi connectivity index (χ0) is 15.9. The van der Waals surface area contributed by atoms with Crippen LogP contribution in [-0.4, -0.2) is 30.5 Å². The van der Waals surface area contributed by atoms with Gasteiger partial charge in [-0.1, -0.05) is 0 Å². The first-order valence-corrected chi connectivity index (χ1v) is 6.85. The van der Waals surface area contributed by atoms with E-state index in [2.05, 4.69) is 25.4 Å². The Bertz CT molecular complexity index is 904. The number of nitrogens with one attached hydrogen (secondary N) is 3. The molecule has 0 unspecified atom stereocenters. The van der Waals surface area contributed by atoms with Crippen LogP contribution in [0.3, 0.4) is 0 Å². The number of imidazole rings is 1. The van der Waals surface area contributed by atoms with E-state index in [4.69, 9.17) is 0 Å². The number of carbonyl (C=O) groups excluding carboxylic acids is 1. The molecule has 0 aliphatic heterocycles. The molecule has 3 rings (SSSR count). The SMILES string of the molecule is Cc1cnc([C@@H](C)NC(=O)c2cnc3cc(=O)[nH]n3c2C)[nH]1. The van der Waals surface area contributed by atoms with Crippen molar-refractivity contribution < 1.29 is 4.79 Å². The van der Waals surface area contributed by atoms with Crippen LogP contribution in [0.5, 0.6) is 0 Å². The zero-order valence-corrected chi connectivity index (χ0v) is 12.5. The van der Waals surface area contributed by atoms with Crippen molar-refractivity contribution in [3.05, 3.63) is 51.6 Å². The maximum absolute atomic E-state index is 12.4. The van der Waals surface area contributed by atoms with Gasteiger partial charge in [0.1, 0.15) is 5.82 Å². The summed E-state index contributed by atoms with van der Waals surface area (Å²) in [7, 11) is 0. The number of H-pyrrole nitrogens is 2. The van der Waals surface area contributed by atoms with E-state index in [0.29, 0.717) is 22.7 Å². The minimum atomic E-state index is -0.275. The van der Waals surface area contributed by atoms with Gasteiger partial charge in [-0.15, -0.1) is 0 Å². The second kappa shape index (κ2) is 5.14. The summed E-state index contributed by atoms with van der Waals surface area (Å²) < 4.78 is 1.50. The van der Waals surface area contributed by atoms with Crippen LogP contribution >= 0.6 is 0 Å². The van der Waals surface area contributed by atoms with Crippen molar-refractivity contribution >= 4 is 11.6 Å². The number of nitrogens with zero attached hydrogens (tertiary/aromatic N) is 3. The lowest BCUT2D eigenvalue weighted by Gasteiger charge is -2.13. The average Bonchev–Trinajstić information content (AvgIpc) is 3.04. The molecular weight excluding hydrogens is 284 g/mol. The summed E-state index contributed by atoms with van der Waals surface area (Å²) in [4.78, 5) is 35.2. The molecule has 0 aliphatic rings. The van der Waals surface area contributed by atoms with Crippen LogP contribution in [0.2, 0.25) is 0 Å². The Kier molecular flexibility index (Phi) is 3.28. The molecule has 0 aliphatic carbocycles. The molecule has 8 heteroatoms. The van der Waals surface area contributed by atoms with Gasteiger partial charge in [-0.3, -0.25) is 14.7 Å². The van der Waals surface area contributed by atoms with Crippen molar-refractivity contribution in [2.75, 3.05) is 0 Å². The monoisotopic (exact) mass is 300 g/mol. The number of rotatable bonds is 3. The summed E-state index contributed by atoms with van der Waals surface area (Å²) in [5.41, 5.74) is 2.17. The fourth-order valence-electron chi connectivity index (χ4n) is 2.30. The molecule has 1 atom stereocenters.